The first-order chi connectivity index (χ1) is 5.15. The second-order valence-electron chi connectivity index (χ2n) is 0.879. The number of aliphatic hydroxyl groups is 1. The zero-order valence-electron chi connectivity index (χ0n) is 5.71. The Kier molecular flexibility index (Phi) is 19.6. The van der Waals surface area contributed by atoms with Crippen LogP contribution in [0.5, 0.6) is 0 Å². The molecule has 4 nitrogen and oxygen atoms in total. The molecule has 0 aliphatic rings. The Morgan fingerprint density at radius 3 is 1.42 bits per heavy atom. The van der Waals surface area contributed by atoms with Gasteiger partial charge in [0, 0.05) is 28.0 Å². The molecule has 0 amide bonds. The summed E-state index contributed by atoms with van der Waals surface area (Å²) in [6.45, 7) is 1.93. The van der Waals surface area contributed by atoms with Gasteiger partial charge in [-0.15, -0.1) is 0 Å². The van der Waals surface area contributed by atoms with Crippen molar-refractivity contribution in [2.75, 3.05) is 6.61 Å². The van der Waals surface area contributed by atoms with Crippen LogP contribution < -0.4 is 0 Å². The molecule has 0 rings (SSSR count). The number of hydrogen-bond donors (Lipinski definition) is 1. The van der Waals surface area contributed by atoms with Gasteiger partial charge in [0.2, 0.25) is 0 Å². The third kappa shape index (κ3) is 644. The Bertz CT molecular complexity index is 146. The maximum Gasteiger partial charge on any atom is 0.317 e. The van der Waals surface area contributed by atoms with E-state index in [0.717, 1.165) is 0 Å². The average Bonchev–Trinajstić information content (AvgIpc) is 1.56. The van der Waals surface area contributed by atoms with Gasteiger partial charge in [0.25, 0.3) is 0 Å². The first kappa shape index (κ1) is 19.0. The smallest absolute Gasteiger partial charge is 0.317 e. The van der Waals surface area contributed by atoms with E-state index in [0.29, 0.717) is 0 Å². The van der Waals surface area contributed by atoms with Crippen molar-refractivity contribution in [2.45, 2.75) is 6.92 Å². The van der Waals surface area contributed by atoms with Crippen molar-refractivity contribution < 1.29 is 18.1 Å². The van der Waals surface area contributed by atoms with Crippen LogP contribution in [0.25, 0.3) is 0 Å². The predicted octanol–water partition coefficient (Wildman–Crippen LogP) is 1.75. The van der Waals surface area contributed by atoms with E-state index in [-0.39, 0.29) is 6.61 Å². The van der Waals surface area contributed by atoms with Crippen molar-refractivity contribution in [3.8, 4) is 0 Å². The van der Waals surface area contributed by atoms with Gasteiger partial charge in [-0.2, -0.15) is 8.42 Å². The third-order valence-corrected chi connectivity index (χ3v) is 0. The molecule has 0 fully saturated rings. The lowest BCUT2D eigenvalue weighted by molar-refractivity contribution is 0.318. The van der Waals surface area contributed by atoms with Crippen LogP contribution in [-0.4, -0.2) is 24.7 Å². The molecule has 78 valence electrons. The van der Waals surface area contributed by atoms with Crippen molar-refractivity contribution >= 4 is 60.6 Å². The highest BCUT2D eigenvalue weighted by molar-refractivity contribution is 8.31. The molecule has 12 heavy (non-hydrogen) atoms. The van der Waals surface area contributed by atoms with Gasteiger partial charge in [-0.1, -0.05) is 0 Å². The van der Waals surface area contributed by atoms with Gasteiger partial charge in [-0.25, -0.2) is 0 Å². The average molecular weight is 300 g/mol. The maximum atomic E-state index is 9.16. The highest BCUT2D eigenvalue weighted by Crippen LogP contribution is 1.99. The minimum Gasteiger partial charge on any atom is -0.582 e. The number of aliphatic hydroxyl groups excluding tert-OH is 1. The molecule has 1 N–H and O–H groups in total. The molecule has 10 heteroatoms. The van der Waals surface area contributed by atoms with E-state index in [1.165, 1.54) is 0 Å². The van der Waals surface area contributed by atoms with E-state index in [1.54, 1.807) is 6.92 Å². The molecule has 0 aliphatic carbocycles. The first-order valence-corrected chi connectivity index (χ1v) is 8.08. The van der Waals surface area contributed by atoms with E-state index in [2.05, 4.69) is 42.7 Å². The van der Waals surface area contributed by atoms with Gasteiger partial charge in [-0.3, -0.25) is 0 Å². The largest absolute Gasteiger partial charge is 0.582 e. The summed E-state index contributed by atoms with van der Waals surface area (Å²) in [7, 11) is 12.2. The molecule has 0 radical (unpaired) electrons. The first-order valence-electron chi connectivity index (χ1n) is 2.14. The summed E-state index contributed by atoms with van der Waals surface area (Å²) in [5, 5.41) is 7.57. The van der Waals surface area contributed by atoms with Crippen molar-refractivity contribution in [1.29, 1.82) is 0 Å². The van der Waals surface area contributed by atoms with Crippen molar-refractivity contribution in [3.63, 3.8) is 0 Å². The van der Waals surface area contributed by atoms with E-state index >= 15 is 0 Å². The highest BCUT2D eigenvalue weighted by atomic mass is 36.0. The molecule has 0 aromatic rings. The minimum absolute atomic E-state index is 0.250. The van der Waals surface area contributed by atoms with Gasteiger partial charge in [0.15, 0.2) is 31.0 Å². The van der Waals surface area contributed by atoms with Crippen LogP contribution in [0.4, 0.5) is 0 Å². The minimum atomic E-state index is -3.72. The molecule has 0 saturated carbocycles. The van der Waals surface area contributed by atoms with Crippen LogP contribution in [0.2, 0.25) is 0 Å². The fourth-order valence-electron chi connectivity index (χ4n) is 0. The Hall–Kier alpha value is 1.38. The topological polar surface area (TPSA) is 77.4 Å². The Labute approximate surface area is 91.9 Å². The summed E-state index contributed by atoms with van der Waals surface area (Å²) in [5.41, 5.74) is 0. The predicted molar refractivity (Wildman–Crippen MR) is 53.2 cm³/mol. The second-order valence-corrected chi connectivity index (χ2v) is 7.07. The van der Waals surface area contributed by atoms with Crippen LogP contribution in [-0.2, 0) is 17.9 Å². The molecule has 0 heterocycles. The van der Waals surface area contributed by atoms with Crippen LogP contribution in [0, 0.1) is 0 Å². The Morgan fingerprint density at radius 2 is 1.42 bits per heavy atom. The number of rotatable bonds is 0. The normalized spacial score (nSPS) is 9.33. The maximum absolute atomic E-state index is 9.16. The van der Waals surface area contributed by atoms with Gasteiger partial charge in [-0.05, 0) is 6.92 Å². The van der Waals surface area contributed by atoms with Crippen molar-refractivity contribution in [3.05, 3.63) is 0 Å². The van der Waals surface area contributed by atoms with Gasteiger partial charge in [0.05, 0.1) is 0 Å². The van der Waals surface area contributed by atoms with E-state index < -0.39 is 17.9 Å². The quantitative estimate of drug-likeness (QED) is 0.546. The van der Waals surface area contributed by atoms with Crippen LogP contribution in [0.1, 0.15) is 6.92 Å². The summed E-state index contributed by atoms with van der Waals surface area (Å²) < 4.78 is 27.4. The monoisotopic (exact) mass is 298 g/mol. The van der Waals surface area contributed by atoms with Gasteiger partial charge in [0.1, 0.15) is 0 Å². The van der Waals surface area contributed by atoms with Crippen LogP contribution in [0.15, 0.2) is 0 Å². The SMILES string of the molecule is CCO.O=S(=O)(Cl)Cl.[O-][S+](Cl)Cl. The van der Waals surface area contributed by atoms with Crippen LogP contribution in [0.3, 0.4) is 0 Å². The van der Waals surface area contributed by atoms with E-state index in [4.69, 9.17) is 18.1 Å². The lowest BCUT2D eigenvalue weighted by Crippen LogP contribution is -1.63. The van der Waals surface area contributed by atoms with Crippen molar-refractivity contribution in [2.24, 2.45) is 0 Å². The van der Waals surface area contributed by atoms with E-state index in [1.807, 2.05) is 0 Å². The molecule has 0 unspecified atom stereocenters. The zero-order chi connectivity index (χ0) is 10.8. The Morgan fingerprint density at radius 1 is 1.42 bits per heavy atom. The van der Waals surface area contributed by atoms with E-state index in [9.17, 15) is 0 Å². The molecule has 0 atom stereocenters. The number of hydrogen-bond acceptors (Lipinski definition) is 4. The molecule has 0 bridgehead atoms. The summed E-state index contributed by atoms with van der Waals surface area (Å²) in [5.74, 6) is 0. The van der Waals surface area contributed by atoms with Crippen molar-refractivity contribution in [1.82, 2.24) is 0 Å². The second kappa shape index (κ2) is 12.4. The zero-order valence-corrected chi connectivity index (χ0v) is 10.4. The highest BCUT2D eigenvalue weighted by Gasteiger charge is 1.88. The Balaban J connectivity index is -0.000000105. The van der Waals surface area contributed by atoms with Crippen LogP contribution >= 0.6 is 42.7 Å². The lowest BCUT2D eigenvalue weighted by atomic mass is 10.9. The molecule has 0 saturated heterocycles. The lowest BCUT2D eigenvalue weighted by Gasteiger charge is -1.73. The molecule has 0 aromatic carbocycles. The van der Waals surface area contributed by atoms with Gasteiger partial charge < -0.3 is 9.66 Å². The van der Waals surface area contributed by atoms with Gasteiger partial charge >= 0.3 is 8.26 Å². The fourth-order valence-corrected chi connectivity index (χ4v) is 0. The fraction of sp³-hybridized carbons (Fsp3) is 1.00. The molecular weight excluding hydrogens is 294 g/mol. The summed E-state index contributed by atoms with van der Waals surface area (Å²) >= 11 is 0. The molecule has 0 aromatic heterocycles. The molecule has 0 aliphatic heterocycles. The summed E-state index contributed by atoms with van der Waals surface area (Å²) in [6.07, 6.45) is 0. The summed E-state index contributed by atoms with van der Waals surface area (Å²) in [6, 6.07) is 0. The molecule has 0 spiro atoms. The molecular formula is C2H6Cl4O4S2. The number of halogens is 4. The standard InChI is InChI=1S/C2H6O.Cl2O2S.Cl2OS/c1-2-3;1-5(2,3)4;1-4(2)3/h3H,2H2,1H3;;. The summed E-state index contributed by atoms with van der Waals surface area (Å²) in [4.78, 5) is 0. The third-order valence-electron chi connectivity index (χ3n) is 0.